The van der Waals surface area contributed by atoms with Gasteiger partial charge in [-0.2, -0.15) is 4.68 Å². The highest BCUT2D eigenvalue weighted by atomic mass is 32.2. The van der Waals surface area contributed by atoms with Crippen LogP contribution in [0.4, 0.5) is 0 Å². The van der Waals surface area contributed by atoms with E-state index in [1.54, 1.807) is 11.8 Å². The van der Waals surface area contributed by atoms with E-state index in [0.29, 0.717) is 5.16 Å². The Morgan fingerprint density at radius 1 is 1.39 bits per heavy atom. The molecule has 1 aromatic carbocycles. The molecular weight excluding hydrogens is 314 g/mol. The van der Waals surface area contributed by atoms with Crippen molar-refractivity contribution in [1.82, 2.24) is 25.5 Å². The molecule has 1 amide bonds. The largest absolute Gasteiger partial charge is 0.497 e. The zero-order valence-corrected chi connectivity index (χ0v) is 14.3. The third kappa shape index (κ3) is 4.95. The van der Waals surface area contributed by atoms with E-state index in [4.69, 9.17) is 4.74 Å². The number of hydrogen-bond acceptors (Lipinski definition) is 6. The van der Waals surface area contributed by atoms with Crippen molar-refractivity contribution in [3.05, 3.63) is 24.3 Å². The molecule has 0 spiro atoms. The van der Waals surface area contributed by atoms with Crippen molar-refractivity contribution < 1.29 is 9.53 Å². The van der Waals surface area contributed by atoms with Crippen LogP contribution in [-0.2, 0) is 4.79 Å². The standard InChI is InChI=1S/C15H21N5O2S/c1-4-5-11(2)16-14(21)10-23-15-17-18-19-20(15)12-6-8-13(22-3)9-7-12/h6-9,11H,4-5,10H2,1-3H3,(H,16,21)/t11-/m1/s1. The summed E-state index contributed by atoms with van der Waals surface area (Å²) in [5, 5.41) is 15.2. The fraction of sp³-hybridized carbons (Fsp3) is 0.467. The summed E-state index contributed by atoms with van der Waals surface area (Å²) in [6.07, 6.45) is 2.02. The summed E-state index contributed by atoms with van der Waals surface area (Å²) in [7, 11) is 1.62. The molecule has 1 aromatic heterocycles. The van der Waals surface area contributed by atoms with E-state index in [2.05, 4.69) is 27.8 Å². The van der Waals surface area contributed by atoms with Crippen molar-refractivity contribution in [2.24, 2.45) is 0 Å². The number of ether oxygens (including phenoxy) is 1. The quantitative estimate of drug-likeness (QED) is 0.744. The molecule has 23 heavy (non-hydrogen) atoms. The van der Waals surface area contributed by atoms with Gasteiger partial charge in [-0.1, -0.05) is 25.1 Å². The topological polar surface area (TPSA) is 81.9 Å². The first kappa shape index (κ1) is 17.3. The Balaban J connectivity index is 1.96. The smallest absolute Gasteiger partial charge is 0.230 e. The van der Waals surface area contributed by atoms with Gasteiger partial charge in [-0.25, -0.2) is 0 Å². The second kappa shape index (κ2) is 8.52. The summed E-state index contributed by atoms with van der Waals surface area (Å²) in [5.41, 5.74) is 0.818. The number of nitrogens with one attached hydrogen (secondary N) is 1. The average molecular weight is 335 g/mol. The molecule has 0 saturated carbocycles. The molecule has 0 fully saturated rings. The molecular formula is C15H21N5O2S. The molecule has 1 N–H and O–H groups in total. The second-order valence-corrected chi connectivity index (χ2v) is 6.06. The van der Waals surface area contributed by atoms with Crippen LogP contribution in [0.1, 0.15) is 26.7 Å². The first-order valence-corrected chi connectivity index (χ1v) is 8.47. The number of carbonyl (C=O) groups excluding carboxylic acids is 1. The van der Waals surface area contributed by atoms with E-state index >= 15 is 0 Å². The van der Waals surface area contributed by atoms with Crippen molar-refractivity contribution in [2.75, 3.05) is 12.9 Å². The van der Waals surface area contributed by atoms with Gasteiger partial charge in [0.15, 0.2) is 0 Å². The Morgan fingerprint density at radius 2 is 2.13 bits per heavy atom. The van der Waals surface area contributed by atoms with Crippen LogP contribution in [-0.4, -0.2) is 45.0 Å². The van der Waals surface area contributed by atoms with Crippen LogP contribution in [0.15, 0.2) is 29.4 Å². The van der Waals surface area contributed by atoms with Crippen LogP contribution in [0.5, 0.6) is 5.75 Å². The van der Waals surface area contributed by atoms with Crippen molar-refractivity contribution in [2.45, 2.75) is 37.9 Å². The van der Waals surface area contributed by atoms with E-state index in [0.717, 1.165) is 24.3 Å². The highest BCUT2D eigenvalue weighted by Crippen LogP contribution is 2.20. The molecule has 124 valence electrons. The Hall–Kier alpha value is -2.09. The Morgan fingerprint density at radius 3 is 2.78 bits per heavy atom. The predicted octanol–water partition coefficient (Wildman–Crippen LogP) is 2.07. The van der Waals surface area contributed by atoms with Gasteiger partial charge in [0.05, 0.1) is 18.6 Å². The maximum Gasteiger partial charge on any atom is 0.230 e. The number of carbonyl (C=O) groups is 1. The number of amides is 1. The maximum atomic E-state index is 11.9. The highest BCUT2D eigenvalue weighted by Gasteiger charge is 2.13. The van der Waals surface area contributed by atoms with E-state index in [1.807, 2.05) is 31.2 Å². The lowest BCUT2D eigenvalue weighted by atomic mass is 10.2. The summed E-state index contributed by atoms with van der Waals surface area (Å²) in [6, 6.07) is 7.59. The SMILES string of the molecule is CCC[C@@H](C)NC(=O)CSc1nnnn1-c1ccc(OC)cc1. The van der Waals surface area contributed by atoms with Gasteiger partial charge in [-0.15, -0.1) is 5.10 Å². The molecule has 1 atom stereocenters. The molecule has 0 unspecified atom stereocenters. The highest BCUT2D eigenvalue weighted by molar-refractivity contribution is 7.99. The van der Waals surface area contributed by atoms with Crippen LogP contribution in [0.2, 0.25) is 0 Å². The van der Waals surface area contributed by atoms with Crippen LogP contribution in [0.3, 0.4) is 0 Å². The number of nitrogens with zero attached hydrogens (tertiary/aromatic N) is 4. The lowest BCUT2D eigenvalue weighted by Gasteiger charge is -2.12. The van der Waals surface area contributed by atoms with Crippen molar-refractivity contribution in [3.8, 4) is 11.4 Å². The molecule has 0 bridgehead atoms. The normalized spacial score (nSPS) is 12.0. The number of tetrazole rings is 1. The van der Waals surface area contributed by atoms with Gasteiger partial charge in [0.25, 0.3) is 0 Å². The number of hydrogen-bond donors (Lipinski definition) is 1. The molecule has 0 saturated heterocycles. The van der Waals surface area contributed by atoms with Crippen LogP contribution >= 0.6 is 11.8 Å². The van der Waals surface area contributed by atoms with E-state index in [-0.39, 0.29) is 17.7 Å². The van der Waals surface area contributed by atoms with Gasteiger partial charge < -0.3 is 10.1 Å². The van der Waals surface area contributed by atoms with Crippen molar-refractivity contribution in [1.29, 1.82) is 0 Å². The number of aromatic nitrogens is 4. The molecule has 2 rings (SSSR count). The Labute approximate surface area is 139 Å². The second-order valence-electron chi connectivity index (χ2n) is 5.12. The van der Waals surface area contributed by atoms with Crippen LogP contribution in [0, 0.1) is 0 Å². The Bertz CT molecular complexity index is 629. The molecule has 2 aromatic rings. The molecule has 0 aliphatic rings. The summed E-state index contributed by atoms with van der Waals surface area (Å²) < 4.78 is 6.74. The summed E-state index contributed by atoms with van der Waals surface area (Å²) in [5.74, 6) is 1.03. The molecule has 0 aliphatic carbocycles. The van der Waals surface area contributed by atoms with Gasteiger partial charge >= 0.3 is 0 Å². The van der Waals surface area contributed by atoms with E-state index in [9.17, 15) is 4.79 Å². The molecule has 0 radical (unpaired) electrons. The summed E-state index contributed by atoms with van der Waals surface area (Å²) in [6.45, 7) is 4.11. The monoisotopic (exact) mass is 335 g/mol. The maximum absolute atomic E-state index is 11.9. The first-order valence-electron chi connectivity index (χ1n) is 7.49. The fourth-order valence-electron chi connectivity index (χ4n) is 2.11. The summed E-state index contributed by atoms with van der Waals surface area (Å²) >= 11 is 1.31. The molecule has 1 heterocycles. The predicted molar refractivity (Wildman–Crippen MR) is 88.9 cm³/mol. The average Bonchev–Trinajstić information content (AvgIpc) is 3.01. The number of methoxy groups -OCH3 is 1. The van der Waals surface area contributed by atoms with E-state index < -0.39 is 0 Å². The van der Waals surface area contributed by atoms with Gasteiger partial charge in [0, 0.05) is 6.04 Å². The van der Waals surface area contributed by atoms with E-state index in [1.165, 1.54) is 11.8 Å². The number of benzene rings is 1. The van der Waals surface area contributed by atoms with Gasteiger partial charge in [0.1, 0.15) is 5.75 Å². The zero-order valence-electron chi connectivity index (χ0n) is 13.5. The number of thioether (sulfide) groups is 1. The van der Waals surface area contributed by atoms with Gasteiger partial charge in [-0.3, -0.25) is 4.79 Å². The molecule has 7 nitrogen and oxygen atoms in total. The minimum absolute atomic E-state index is 0.0137. The first-order chi connectivity index (χ1) is 11.1. The van der Waals surface area contributed by atoms with Crippen molar-refractivity contribution >= 4 is 17.7 Å². The minimum atomic E-state index is -0.0137. The third-order valence-electron chi connectivity index (χ3n) is 3.22. The Kier molecular flexibility index (Phi) is 6.40. The fourth-order valence-corrected chi connectivity index (χ4v) is 2.81. The lowest BCUT2D eigenvalue weighted by Crippen LogP contribution is -2.33. The van der Waals surface area contributed by atoms with Crippen molar-refractivity contribution in [3.63, 3.8) is 0 Å². The van der Waals surface area contributed by atoms with Crippen LogP contribution in [0.25, 0.3) is 5.69 Å². The van der Waals surface area contributed by atoms with Crippen LogP contribution < -0.4 is 10.1 Å². The van der Waals surface area contributed by atoms with Gasteiger partial charge in [-0.05, 0) is 48.0 Å². The number of rotatable bonds is 8. The minimum Gasteiger partial charge on any atom is -0.497 e. The lowest BCUT2D eigenvalue weighted by molar-refractivity contribution is -0.119. The van der Waals surface area contributed by atoms with Gasteiger partial charge in [0.2, 0.25) is 11.1 Å². The third-order valence-corrected chi connectivity index (χ3v) is 4.14. The summed E-state index contributed by atoms with van der Waals surface area (Å²) in [4.78, 5) is 11.9. The molecule has 0 aliphatic heterocycles. The molecule has 8 heteroatoms. The zero-order chi connectivity index (χ0) is 16.7.